The lowest BCUT2D eigenvalue weighted by atomic mass is 10.1. The SMILES string of the molecule is COc1cccc(COC(=O)[C@H](N)C(C)C)c1. The summed E-state index contributed by atoms with van der Waals surface area (Å²) in [4.78, 5) is 11.5. The fraction of sp³-hybridized carbons (Fsp3) is 0.462. The number of benzene rings is 1. The highest BCUT2D eigenvalue weighted by Crippen LogP contribution is 2.13. The van der Waals surface area contributed by atoms with E-state index in [1.807, 2.05) is 38.1 Å². The van der Waals surface area contributed by atoms with Crippen LogP contribution >= 0.6 is 0 Å². The third kappa shape index (κ3) is 4.07. The molecule has 0 amide bonds. The second-order valence-corrected chi connectivity index (χ2v) is 4.23. The first-order valence-electron chi connectivity index (χ1n) is 5.59. The van der Waals surface area contributed by atoms with Crippen molar-refractivity contribution in [1.29, 1.82) is 0 Å². The van der Waals surface area contributed by atoms with Gasteiger partial charge >= 0.3 is 5.97 Å². The zero-order valence-corrected chi connectivity index (χ0v) is 10.5. The van der Waals surface area contributed by atoms with Gasteiger partial charge in [-0.15, -0.1) is 0 Å². The highest BCUT2D eigenvalue weighted by Gasteiger charge is 2.18. The van der Waals surface area contributed by atoms with Crippen LogP contribution in [0.25, 0.3) is 0 Å². The van der Waals surface area contributed by atoms with Gasteiger partial charge in [0, 0.05) is 0 Å². The molecule has 0 aliphatic heterocycles. The number of ether oxygens (including phenoxy) is 2. The monoisotopic (exact) mass is 237 g/mol. The van der Waals surface area contributed by atoms with E-state index in [9.17, 15) is 4.79 Å². The topological polar surface area (TPSA) is 61.5 Å². The largest absolute Gasteiger partial charge is 0.497 e. The number of carbonyl (C=O) groups is 1. The van der Waals surface area contributed by atoms with Crippen LogP contribution in [0.1, 0.15) is 19.4 Å². The van der Waals surface area contributed by atoms with Gasteiger partial charge in [0.15, 0.2) is 0 Å². The first kappa shape index (κ1) is 13.5. The Bertz CT molecular complexity index is 377. The van der Waals surface area contributed by atoms with Crippen LogP contribution in [0.5, 0.6) is 5.75 Å². The predicted molar refractivity (Wildman–Crippen MR) is 65.6 cm³/mol. The molecule has 0 aromatic heterocycles. The Labute approximate surface area is 102 Å². The summed E-state index contributed by atoms with van der Waals surface area (Å²) in [6.45, 7) is 3.99. The lowest BCUT2D eigenvalue weighted by molar-refractivity contribution is -0.147. The Morgan fingerprint density at radius 1 is 1.41 bits per heavy atom. The molecule has 0 fully saturated rings. The summed E-state index contributed by atoms with van der Waals surface area (Å²) in [7, 11) is 1.60. The van der Waals surface area contributed by atoms with Gasteiger partial charge in [0.2, 0.25) is 0 Å². The van der Waals surface area contributed by atoms with Gasteiger partial charge in [0.1, 0.15) is 18.4 Å². The van der Waals surface area contributed by atoms with E-state index in [2.05, 4.69) is 0 Å². The number of nitrogens with two attached hydrogens (primary N) is 1. The van der Waals surface area contributed by atoms with Crippen LogP contribution in [-0.4, -0.2) is 19.1 Å². The van der Waals surface area contributed by atoms with Crippen molar-refractivity contribution in [2.75, 3.05) is 7.11 Å². The summed E-state index contributed by atoms with van der Waals surface area (Å²) in [6.07, 6.45) is 0. The molecule has 0 heterocycles. The van der Waals surface area contributed by atoms with E-state index in [0.717, 1.165) is 11.3 Å². The van der Waals surface area contributed by atoms with Crippen LogP contribution in [0.4, 0.5) is 0 Å². The molecule has 0 saturated carbocycles. The summed E-state index contributed by atoms with van der Waals surface area (Å²) < 4.78 is 10.2. The molecule has 1 aromatic rings. The van der Waals surface area contributed by atoms with Gasteiger partial charge in [-0.1, -0.05) is 26.0 Å². The lowest BCUT2D eigenvalue weighted by Crippen LogP contribution is -2.36. The third-order valence-electron chi connectivity index (χ3n) is 2.51. The molecule has 0 aliphatic rings. The Kier molecular flexibility index (Phi) is 4.97. The van der Waals surface area contributed by atoms with E-state index >= 15 is 0 Å². The van der Waals surface area contributed by atoms with Crippen LogP contribution < -0.4 is 10.5 Å². The lowest BCUT2D eigenvalue weighted by Gasteiger charge is -2.14. The van der Waals surface area contributed by atoms with E-state index < -0.39 is 6.04 Å². The molecule has 1 aromatic carbocycles. The van der Waals surface area contributed by atoms with Crippen molar-refractivity contribution < 1.29 is 14.3 Å². The van der Waals surface area contributed by atoms with E-state index in [4.69, 9.17) is 15.2 Å². The van der Waals surface area contributed by atoms with Crippen molar-refractivity contribution in [1.82, 2.24) is 0 Å². The molecule has 0 aliphatic carbocycles. The molecule has 2 N–H and O–H groups in total. The van der Waals surface area contributed by atoms with Crippen molar-refractivity contribution in [2.24, 2.45) is 11.7 Å². The molecule has 0 bridgehead atoms. The summed E-state index contributed by atoms with van der Waals surface area (Å²) in [6, 6.07) is 6.82. The Morgan fingerprint density at radius 2 is 2.12 bits per heavy atom. The molecule has 4 nitrogen and oxygen atoms in total. The molecular formula is C13H19NO3. The van der Waals surface area contributed by atoms with Crippen molar-refractivity contribution in [3.05, 3.63) is 29.8 Å². The summed E-state index contributed by atoms with van der Waals surface area (Å²) >= 11 is 0. The fourth-order valence-electron chi connectivity index (χ4n) is 1.29. The van der Waals surface area contributed by atoms with Gasteiger partial charge in [0.05, 0.1) is 7.11 Å². The van der Waals surface area contributed by atoms with Gasteiger partial charge in [-0.05, 0) is 23.6 Å². The van der Waals surface area contributed by atoms with Gasteiger partial charge in [-0.2, -0.15) is 0 Å². The zero-order valence-electron chi connectivity index (χ0n) is 10.5. The maximum absolute atomic E-state index is 11.5. The Balaban J connectivity index is 2.52. The van der Waals surface area contributed by atoms with E-state index in [0.29, 0.717) is 0 Å². The predicted octanol–water partition coefficient (Wildman–Crippen LogP) is 1.72. The van der Waals surface area contributed by atoms with Crippen LogP contribution in [0.15, 0.2) is 24.3 Å². The maximum Gasteiger partial charge on any atom is 0.323 e. The Hall–Kier alpha value is -1.55. The molecule has 0 saturated heterocycles. The summed E-state index contributed by atoms with van der Waals surface area (Å²) in [5.41, 5.74) is 6.56. The number of rotatable bonds is 5. The minimum Gasteiger partial charge on any atom is -0.497 e. The fourth-order valence-corrected chi connectivity index (χ4v) is 1.29. The highest BCUT2D eigenvalue weighted by atomic mass is 16.5. The second-order valence-electron chi connectivity index (χ2n) is 4.23. The van der Waals surface area contributed by atoms with Crippen molar-refractivity contribution >= 4 is 5.97 Å². The molecule has 0 spiro atoms. The number of methoxy groups -OCH3 is 1. The first-order chi connectivity index (χ1) is 8.04. The van der Waals surface area contributed by atoms with Crippen LogP contribution in [0.2, 0.25) is 0 Å². The molecule has 1 rings (SSSR count). The molecule has 0 unspecified atom stereocenters. The summed E-state index contributed by atoms with van der Waals surface area (Å²) in [5, 5.41) is 0. The number of esters is 1. The van der Waals surface area contributed by atoms with Crippen molar-refractivity contribution in [3.8, 4) is 5.75 Å². The molecule has 94 valence electrons. The maximum atomic E-state index is 11.5. The Morgan fingerprint density at radius 3 is 2.71 bits per heavy atom. The average molecular weight is 237 g/mol. The molecule has 1 atom stereocenters. The standard InChI is InChI=1S/C13H19NO3/c1-9(2)12(14)13(15)17-8-10-5-4-6-11(7-10)16-3/h4-7,9,12H,8,14H2,1-3H3/t12-/m1/s1. The highest BCUT2D eigenvalue weighted by molar-refractivity contribution is 5.75. The average Bonchev–Trinajstić information content (AvgIpc) is 2.35. The van der Waals surface area contributed by atoms with Crippen LogP contribution in [-0.2, 0) is 16.1 Å². The minimum atomic E-state index is -0.569. The van der Waals surface area contributed by atoms with Gasteiger partial charge in [-0.3, -0.25) is 4.79 Å². The number of carbonyl (C=O) groups excluding carboxylic acids is 1. The minimum absolute atomic E-state index is 0.0767. The second kappa shape index (κ2) is 6.25. The number of hydrogen-bond acceptors (Lipinski definition) is 4. The van der Waals surface area contributed by atoms with Gasteiger partial charge in [0.25, 0.3) is 0 Å². The zero-order chi connectivity index (χ0) is 12.8. The van der Waals surface area contributed by atoms with E-state index in [-0.39, 0.29) is 18.5 Å². The van der Waals surface area contributed by atoms with Crippen molar-refractivity contribution in [2.45, 2.75) is 26.5 Å². The van der Waals surface area contributed by atoms with Crippen molar-refractivity contribution in [3.63, 3.8) is 0 Å². The third-order valence-corrected chi connectivity index (χ3v) is 2.51. The normalized spacial score (nSPS) is 12.3. The number of hydrogen-bond donors (Lipinski definition) is 1. The molecule has 0 radical (unpaired) electrons. The molecule has 17 heavy (non-hydrogen) atoms. The smallest absolute Gasteiger partial charge is 0.323 e. The van der Waals surface area contributed by atoms with Gasteiger partial charge in [-0.25, -0.2) is 0 Å². The van der Waals surface area contributed by atoms with Gasteiger partial charge < -0.3 is 15.2 Å². The van der Waals surface area contributed by atoms with E-state index in [1.54, 1.807) is 7.11 Å². The first-order valence-corrected chi connectivity index (χ1v) is 5.59. The molecular weight excluding hydrogens is 218 g/mol. The quantitative estimate of drug-likeness (QED) is 0.792. The van der Waals surface area contributed by atoms with Crippen LogP contribution in [0.3, 0.4) is 0 Å². The molecule has 4 heteroatoms. The van der Waals surface area contributed by atoms with Crippen LogP contribution in [0, 0.1) is 5.92 Å². The summed E-state index contributed by atoms with van der Waals surface area (Å²) in [5.74, 6) is 0.447. The van der Waals surface area contributed by atoms with E-state index in [1.165, 1.54) is 0 Å².